The van der Waals surface area contributed by atoms with Gasteiger partial charge in [0.05, 0.1) is 0 Å². The van der Waals surface area contributed by atoms with Crippen molar-refractivity contribution in [3.8, 4) is 0 Å². The van der Waals surface area contributed by atoms with E-state index in [1.807, 2.05) is 48.5 Å². The van der Waals surface area contributed by atoms with Gasteiger partial charge in [-0.1, -0.05) is 0 Å². The van der Waals surface area contributed by atoms with Crippen molar-refractivity contribution >= 4 is 25.2 Å². The van der Waals surface area contributed by atoms with Gasteiger partial charge in [0.2, 0.25) is 0 Å². The summed E-state index contributed by atoms with van der Waals surface area (Å²) in [4.78, 5) is 24.9. The number of hydrogen-bond donors (Lipinski definition) is 0. The Morgan fingerprint density at radius 2 is 1.66 bits per heavy atom. The van der Waals surface area contributed by atoms with Gasteiger partial charge >= 0.3 is 174 Å². The molecule has 3 aromatic carbocycles. The summed E-state index contributed by atoms with van der Waals surface area (Å²) < 4.78 is 13.6. The Morgan fingerprint density at radius 3 is 2.31 bits per heavy atom. The van der Waals surface area contributed by atoms with Crippen LogP contribution in [-0.2, 0) is 6.42 Å². The molecule has 29 heavy (non-hydrogen) atoms. The van der Waals surface area contributed by atoms with Gasteiger partial charge in [-0.2, -0.15) is 0 Å². The molecule has 0 unspecified atom stereocenters. The topological polar surface area (TPSA) is 60.2 Å². The van der Waals surface area contributed by atoms with E-state index in [4.69, 9.17) is 0 Å². The molecule has 0 saturated carbocycles. The number of carbonyl (C=O) groups is 1. The number of benzene rings is 3. The average molecular weight is 454 g/mol. The van der Waals surface area contributed by atoms with Crippen molar-refractivity contribution < 1.29 is 14.1 Å². The fourth-order valence-electron chi connectivity index (χ4n) is 3.99. The van der Waals surface area contributed by atoms with Crippen LogP contribution in [0.15, 0.2) is 78.9 Å². The molecule has 0 aliphatic heterocycles. The maximum atomic E-state index is 13.7. The Hall–Kier alpha value is -2.82. The van der Waals surface area contributed by atoms with E-state index < -0.39 is 16.0 Å². The number of rotatable bonds is 6. The molecule has 0 amide bonds. The van der Waals surface area contributed by atoms with E-state index in [0.29, 0.717) is 17.5 Å². The molecular weight excluding hydrogens is 436 g/mol. The molecule has 0 radical (unpaired) electrons. The van der Waals surface area contributed by atoms with Crippen LogP contribution in [0, 0.1) is 15.9 Å². The van der Waals surface area contributed by atoms with Crippen LogP contribution in [-0.4, -0.2) is 32.2 Å². The van der Waals surface area contributed by atoms with Crippen molar-refractivity contribution in [2.45, 2.75) is 16.7 Å². The van der Waals surface area contributed by atoms with Gasteiger partial charge in [-0.15, -0.1) is 0 Å². The third-order valence-corrected chi connectivity index (χ3v) is 8.43. The molecule has 1 aliphatic rings. The van der Waals surface area contributed by atoms with Crippen LogP contribution < -0.4 is 4.46 Å². The van der Waals surface area contributed by atoms with Crippen LogP contribution in [0.2, 0.25) is 4.31 Å². The molecule has 0 bridgehead atoms. The summed E-state index contributed by atoms with van der Waals surface area (Å²) in [6.45, 7) is -0.375. The van der Waals surface area contributed by atoms with Crippen molar-refractivity contribution in [2.75, 3.05) is 6.54 Å². The number of carbonyl (C=O) groups excluding carboxylic acids is 1. The summed E-state index contributed by atoms with van der Waals surface area (Å²) in [5.74, 6) is -1.09. The molecule has 1 aliphatic carbocycles. The molecule has 0 heterocycles. The summed E-state index contributed by atoms with van der Waals surface area (Å²) in [5.41, 5.74) is 2.19. The fraction of sp³-hybridized carbons (Fsp3) is 0.174. The SMILES string of the molecule is O=C1c2ccccc2C[C@]1([Se]c1ccccc1)[C@@H](C[N+](=O)[O-])c1ccc(F)cc1. The minimum absolute atomic E-state index is 0.0480. The van der Waals surface area contributed by atoms with Crippen molar-refractivity contribution in [3.63, 3.8) is 0 Å². The molecule has 3 aromatic rings. The van der Waals surface area contributed by atoms with Crippen molar-refractivity contribution in [3.05, 3.63) is 111 Å². The first-order valence-corrected chi connectivity index (χ1v) is 10.9. The number of fused-ring (bicyclic) bond motifs is 1. The molecular formula is C23H18FNO3Se. The van der Waals surface area contributed by atoms with E-state index in [2.05, 4.69) is 0 Å². The molecule has 4 nitrogen and oxygen atoms in total. The van der Waals surface area contributed by atoms with Gasteiger partial charge in [-0.25, -0.2) is 0 Å². The molecule has 0 aromatic heterocycles. The second kappa shape index (κ2) is 7.90. The first-order chi connectivity index (χ1) is 14.0. The Labute approximate surface area is 174 Å². The standard InChI is InChI=1S/C23H18FNO3Se/c24-18-12-10-16(11-13-18)21(15-25(27)28)23(29-19-7-2-1-3-8-19)14-17-6-4-5-9-20(17)22(23)26/h1-13,21H,14-15H2/t21-,23-/m0/s1. The molecule has 4 rings (SSSR count). The molecule has 0 fully saturated rings. The number of nitrogens with zero attached hydrogens (tertiary/aromatic N) is 1. The van der Waals surface area contributed by atoms with Gasteiger partial charge in [0, 0.05) is 0 Å². The van der Waals surface area contributed by atoms with Gasteiger partial charge in [-0.3, -0.25) is 0 Å². The molecule has 0 N–H and O–H groups in total. The Bertz CT molecular complexity index is 1060. The minimum atomic E-state index is -0.928. The van der Waals surface area contributed by atoms with Gasteiger partial charge in [0.1, 0.15) is 0 Å². The van der Waals surface area contributed by atoms with E-state index in [-0.39, 0.29) is 32.2 Å². The zero-order valence-electron chi connectivity index (χ0n) is 15.5. The van der Waals surface area contributed by atoms with Crippen LogP contribution in [0.3, 0.4) is 0 Å². The number of hydrogen-bond acceptors (Lipinski definition) is 3. The van der Waals surface area contributed by atoms with E-state index >= 15 is 0 Å². The predicted molar refractivity (Wildman–Crippen MR) is 110 cm³/mol. The van der Waals surface area contributed by atoms with Gasteiger partial charge < -0.3 is 0 Å². The zero-order chi connectivity index (χ0) is 20.4. The quantitative estimate of drug-likeness (QED) is 0.323. The third-order valence-electron chi connectivity index (χ3n) is 5.31. The summed E-state index contributed by atoms with van der Waals surface area (Å²) >= 11 is -0.348. The Balaban J connectivity index is 1.87. The van der Waals surface area contributed by atoms with Crippen molar-refractivity contribution in [1.29, 1.82) is 0 Å². The second-order valence-corrected chi connectivity index (χ2v) is 10.0. The van der Waals surface area contributed by atoms with E-state index in [1.165, 1.54) is 12.1 Å². The van der Waals surface area contributed by atoms with Gasteiger partial charge in [-0.05, 0) is 0 Å². The first kappa shape index (κ1) is 19.5. The van der Waals surface area contributed by atoms with Crippen LogP contribution in [0.5, 0.6) is 0 Å². The summed E-state index contributed by atoms with van der Waals surface area (Å²) in [5, 5.41) is 11.6. The fourth-order valence-corrected chi connectivity index (χ4v) is 7.13. The number of ketones is 1. The summed E-state index contributed by atoms with van der Waals surface area (Å²) in [7, 11) is 0. The third kappa shape index (κ3) is 3.74. The van der Waals surface area contributed by atoms with Gasteiger partial charge in [0.15, 0.2) is 0 Å². The summed E-state index contributed by atoms with van der Waals surface area (Å²) in [6.07, 6.45) is 0.451. The monoisotopic (exact) mass is 455 g/mol. The molecule has 146 valence electrons. The molecule has 2 atom stereocenters. The molecule has 6 heteroatoms. The van der Waals surface area contributed by atoms with Crippen molar-refractivity contribution in [1.82, 2.24) is 0 Å². The van der Waals surface area contributed by atoms with Crippen LogP contribution in [0.4, 0.5) is 4.39 Å². The maximum absolute atomic E-state index is 13.7. The van der Waals surface area contributed by atoms with Crippen LogP contribution >= 0.6 is 0 Å². The van der Waals surface area contributed by atoms with E-state index in [9.17, 15) is 19.3 Å². The van der Waals surface area contributed by atoms with E-state index in [0.717, 1.165) is 10.0 Å². The zero-order valence-corrected chi connectivity index (χ0v) is 17.2. The summed E-state index contributed by atoms with van der Waals surface area (Å²) in [6, 6.07) is 22.8. The van der Waals surface area contributed by atoms with Crippen LogP contribution in [0.1, 0.15) is 27.4 Å². The van der Waals surface area contributed by atoms with Gasteiger partial charge in [0.25, 0.3) is 0 Å². The number of halogens is 1. The first-order valence-electron chi connectivity index (χ1n) is 9.23. The number of Topliss-reactive ketones (excluding diaryl/α,β-unsaturated/α-hetero) is 1. The Morgan fingerprint density at radius 1 is 1.00 bits per heavy atom. The van der Waals surface area contributed by atoms with E-state index in [1.54, 1.807) is 18.2 Å². The second-order valence-electron chi connectivity index (χ2n) is 7.09. The normalized spacial score (nSPS) is 19.0. The average Bonchev–Trinajstić information content (AvgIpc) is 3.00. The predicted octanol–water partition coefficient (Wildman–Crippen LogP) is 3.81. The Kier molecular flexibility index (Phi) is 5.31. The molecule has 0 saturated heterocycles. The van der Waals surface area contributed by atoms with Crippen LogP contribution in [0.25, 0.3) is 0 Å². The van der Waals surface area contributed by atoms with Crippen molar-refractivity contribution in [2.24, 2.45) is 0 Å². The molecule has 0 spiro atoms. The number of nitro groups is 1.